The minimum Gasteiger partial charge on any atom is -0.324 e. The summed E-state index contributed by atoms with van der Waals surface area (Å²) in [5, 5.41) is 0. The van der Waals surface area contributed by atoms with E-state index in [4.69, 9.17) is 14.2 Å². The molecule has 1 aromatic heterocycles. The Morgan fingerprint density at radius 3 is 2.00 bits per heavy atom. The lowest BCUT2D eigenvalue weighted by atomic mass is 10.2. The molecule has 1 aromatic rings. The molecule has 0 atom stereocenters. The Morgan fingerprint density at radius 2 is 1.62 bits per heavy atom. The zero-order valence-electron chi connectivity index (χ0n) is 10.1. The molecule has 0 bridgehead atoms. The van der Waals surface area contributed by atoms with Gasteiger partial charge in [0.1, 0.15) is 0 Å². The van der Waals surface area contributed by atoms with Gasteiger partial charge in [-0.25, -0.2) is 0 Å². The standard InChI is InChI=1S/C12H19NO3/c1-4-14-12(15-5-2,16-6-3)11-8-7-9-13-10-11/h7-10H,4-6H2,1-3H3. The Hall–Kier alpha value is -0.970. The molecule has 0 unspecified atom stereocenters. The van der Waals surface area contributed by atoms with Crippen LogP contribution in [0.4, 0.5) is 0 Å². The summed E-state index contributed by atoms with van der Waals surface area (Å²) in [6.45, 7) is 7.24. The van der Waals surface area contributed by atoms with Gasteiger partial charge in [-0.2, -0.15) is 0 Å². The number of hydrogen-bond donors (Lipinski definition) is 0. The van der Waals surface area contributed by atoms with E-state index in [1.807, 2.05) is 32.9 Å². The Bertz CT molecular complexity index is 273. The molecule has 4 heteroatoms. The lowest BCUT2D eigenvalue weighted by Gasteiger charge is -2.32. The fraction of sp³-hybridized carbons (Fsp3) is 0.583. The van der Waals surface area contributed by atoms with Gasteiger partial charge in [0.15, 0.2) is 0 Å². The molecular weight excluding hydrogens is 206 g/mol. The lowest BCUT2D eigenvalue weighted by molar-refractivity contribution is -0.389. The van der Waals surface area contributed by atoms with Crippen LogP contribution >= 0.6 is 0 Å². The van der Waals surface area contributed by atoms with Gasteiger partial charge in [0.05, 0.1) is 5.56 Å². The average Bonchev–Trinajstić information content (AvgIpc) is 2.31. The highest BCUT2D eigenvalue weighted by Crippen LogP contribution is 2.28. The van der Waals surface area contributed by atoms with E-state index in [0.29, 0.717) is 19.8 Å². The summed E-state index contributed by atoms with van der Waals surface area (Å²) >= 11 is 0. The zero-order valence-corrected chi connectivity index (χ0v) is 10.1. The van der Waals surface area contributed by atoms with Crippen LogP contribution in [0.3, 0.4) is 0 Å². The zero-order chi connectivity index (χ0) is 11.9. The van der Waals surface area contributed by atoms with Crippen molar-refractivity contribution < 1.29 is 14.2 Å². The van der Waals surface area contributed by atoms with Crippen LogP contribution in [0.15, 0.2) is 24.5 Å². The van der Waals surface area contributed by atoms with Gasteiger partial charge < -0.3 is 14.2 Å². The highest BCUT2D eigenvalue weighted by Gasteiger charge is 2.35. The van der Waals surface area contributed by atoms with Gasteiger partial charge in [-0.15, -0.1) is 0 Å². The van der Waals surface area contributed by atoms with Gasteiger partial charge >= 0.3 is 5.97 Å². The molecule has 0 spiro atoms. The quantitative estimate of drug-likeness (QED) is 0.668. The fourth-order valence-corrected chi connectivity index (χ4v) is 1.49. The van der Waals surface area contributed by atoms with Gasteiger partial charge in [-0.1, -0.05) is 0 Å². The van der Waals surface area contributed by atoms with Gasteiger partial charge in [0.25, 0.3) is 0 Å². The van der Waals surface area contributed by atoms with E-state index < -0.39 is 5.97 Å². The van der Waals surface area contributed by atoms with Crippen molar-refractivity contribution in [3.8, 4) is 0 Å². The summed E-state index contributed by atoms with van der Waals surface area (Å²) < 4.78 is 16.8. The Morgan fingerprint density at radius 1 is 1.06 bits per heavy atom. The molecule has 0 N–H and O–H groups in total. The summed E-state index contributed by atoms with van der Waals surface area (Å²) in [4.78, 5) is 4.06. The van der Waals surface area contributed by atoms with Crippen molar-refractivity contribution in [2.24, 2.45) is 0 Å². The first-order valence-electron chi connectivity index (χ1n) is 5.61. The summed E-state index contributed by atoms with van der Waals surface area (Å²) in [7, 11) is 0. The normalized spacial score (nSPS) is 11.7. The monoisotopic (exact) mass is 225 g/mol. The van der Waals surface area contributed by atoms with Gasteiger partial charge in [-0.05, 0) is 32.9 Å². The number of pyridine rings is 1. The van der Waals surface area contributed by atoms with Crippen molar-refractivity contribution in [2.45, 2.75) is 26.7 Å². The molecule has 0 radical (unpaired) electrons. The van der Waals surface area contributed by atoms with Gasteiger partial charge in [-0.3, -0.25) is 4.98 Å². The Labute approximate surface area is 96.5 Å². The van der Waals surface area contributed by atoms with Crippen LogP contribution in [0.1, 0.15) is 26.3 Å². The van der Waals surface area contributed by atoms with Crippen molar-refractivity contribution in [3.63, 3.8) is 0 Å². The maximum absolute atomic E-state index is 5.61. The predicted molar refractivity (Wildman–Crippen MR) is 60.8 cm³/mol. The first-order chi connectivity index (χ1) is 7.79. The van der Waals surface area contributed by atoms with E-state index in [2.05, 4.69) is 4.98 Å². The van der Waals surface area contributed by atoms with Crippen molar-refractivity contribution in [1.29, 1.82) is 0 Å². The minimum atomic E-state index is -1.12. The Balaban J connectivity index is 2.99. The average molecular weight is 225 g/mol. The van der Waals surface area contributed by atoms with Crippen LogP contribution in [0.25, 0.3) is 0 Å². The summed E-state index contributed by atoms with van der Waals surface area (Å²) in [5.41, 5.74) is 0.778. The number of hydrogen-bond acceptors (Lipinski definition) is 4. The smallest absolute Gasteiger partial charge is 0.313 e. The van der Waals surface area contributed by atoms with E-state index >= 15 is 0 Å². The third kappa shape index (κ3) is 3.01. The van der Waals surface area contributed by atoms with Crippen LogP contribution in [0, 0.1) is 0 Å². The van der Waals surface area contributed by atoms with E-state index in [0.717, 1.165) is 5.56 Å². The SMILES string of the molecule is CCOC(OCC)(OCC)c1cccnc1. The van der Waals surface area contributed by atoms with Crippen LogP contribution in [-0.4, -0.2) is 24.8 Å². The maximum atomic E-state index is 5.61. The summed E-state index contributed by atoms with van der Waals surface area (Å²) in [6, 6.07) is 3.72. The first kappa shape index (κ1) is 13.1. The number of rotatable bonds is 7. The molecule has 0 fully saturated rings. The molecule has 1 rings (SSSR count). The predicted octanol–water partition coefficient (Wildman–Crippen LogP) is 2.30. The van der Waals surface area contributed by atoms with E-state index in [-0.39, 0.29) is 0 Å². The number of ether oxygens (including phenoxy) is 3. The molecule has 0 saturated carbocycles. The van der Waals surface area contributed by atoms with Crippen LogP contribution in [0.5, 0.6) is 0 Å². The van der Waals surface area contributed by atoms with Crippen LogP contribution < -0.4 is 0 Å². The number of aromatic nitrogens is 1. The third-order valence-electron chi connectivity index (χ3n) is 2.02. The third-order valence-corrected chi connectivity index (χ3v) is 2.02. The van der Waals surface area contributed by atoms with Crippen LogP contribution in [-0.2, 0) is 20.2 Å². The molecule has 4 nitrogen and oxygen atoms in total. The molecule has 0 aliphatic rings. The van der Waals surface area contributed by atoms with E-state index in [1.165, 1.54) is 0 Å². The minimum absolute atomic E-state index is 0.509. The second-order valence-electron chi connectivity index (χ2n) is 3.10. The first-order valence-corrected chi connectivity index (χ1v) is 5.61. The summed E-state index contributed by atoms with van der Waals surface area (Å²) in [5.74, 6) is -1.12. The molecule has 0 aromatic carbocycles. The highest BCUT2D eigenvalue weighted by molar-refractivity contribution is 5.13. The molecule has 0 saturated heterocycles. The Kier molecular flexibility index (Phi) is 5.38. The molecule has 0 aliphatic carbocycles. The van der Waals surface area contributed by atoms with Crippen LogP contribution in [0.2, 0.25) is 0 Å². The lowest BCUT2D eigenvalue weighted by Crippen LogP contribution is -2.36. The molecule has 90 valence electrons. The van der Waals surface area contributed by atoms with Crippen molar-refractivity contribution >= 4 is 0 Å². The molecule has 0 aliphatic heterocycles. The van der Waals surface area contributed by atoms with Gasteiger partial charge in [0, 0.05) is 32.2 Å². The van der Waals surface area contributed by atoms with Crippen molar-refractivity contribution in [2.75, 3.05) is 19.8 Å². The van der Waals surface area contributed by atoms with E-state index in [9.17, 15) is 0 Å². The van der Waals surface area contributed by atoms with Crippen molar-refractivity contribution in [3.05, 3.63) is 30.1 Å². The second-order valence-corrected chi connectivity index (χ2v) is 3.10. The fourth-order valence-electron chi connectivity index (χ4n) is 1.49. The number of nitrogens with zero attached hydrogens (tertiary/aromatic N) is 1. The largest absolute Gasteiger partial charge is 0.324 e. The maximum Gasteiger partial charge on any atom is 0.313 e. The molecular formula is C12H19NO3. The molecule has 1 heterocycles. The van der Waals surface area contributed by atoms with Gasteiger partial charge in [0.2, 0.25) is 0 Å². The molecule has 16 heavy (non-hydrogen) atoms. The van der Waals surface area contributed by atoms with E-state index in [1.54, 1.807) is 12.4 Å². The van der Waals surface area contributed by atoms with Crippen molar-refractivity contribution in [1.82, 2.24) is 4.98 Å². The molecule has 0 amide bonds. The topological polar surface area (TPSA) is 40.6 Å². The summed E-state index contributed by atoms with van der Waals surface area (Å²) in [6.07, 6.45) is 3.40. The second kappa shape index (κ2) is 6.58. The highest BCUT2D eigenvalue weighted by atomic mass is 16.9.